The van der Waals surface area contributed by atoms with Gasteiger partial charge in [-0.3, -0.25) is 9.52 Å². The molecular weight excluding hydrogens is 452 g/mol. The Labute approximate surface area is 189 Å². The molecule has 4 rings (SSSR count). The first-order chi connectivity index (χ1) is 15.4. The van der Waals surface area contributed by atoms with Gasteiger partial charge in [-0.1, -0.05) is 30.0 Å². The van der Waals surface area contributed by atoms with Gasteiger partial charge in [0.1, 0.15) is 5.75 Å². The molecule has 1 aromatic heterocycles. The van der Waals surface area contributed by atoms with Crippen molar-refractivity contribution < 1.29 is 17.9 Å². The Bertz CT molecular complexity index is 1240. The van der Waals surface area contributed by atoms with Crippen molar-refractivity contribution in [1.29, 1.82) is 0 Å². The lowest BCUT2D eigenvalue weighted by Gasteiger charge is -2.14. The van der Waals surface area contributed by atoms with E-state index in [1.807, 2.05) is 0 Å². The van der Waals surface area contributed by atoms with Gasteiger partial charge in [0.25, 0.3) is 10.0 Å². The van der Waals surface area contributed by atoms with E-state index < -0.39 is 10.0 Å². The number of rotatable bonds is 9. The number of hydrogen-bond acceptors (Lipinski definition) is 8. The second kappa shape index (κ2) is 9.17. The Morgan fingerprint density at radius 1 is 1.25 bits per heavy atom. The van der Waals surface area contributed by atoms with Crippen LogP contribution in [0.15, 0.2) is 52.5 Å². The van der Waals surface area contributed by atoms with Crippen LogP contribution in [0.2, 0.25) is 0 Å². The molecule has 0 bridgehead atoms. The topological polar surface area (TPSA) is 128 Å². The van der Waals surface area contributed by atoms with E-state index in [1.54, 1.807) is 48.0 Å². The van der Waals surface area contributed by atoms with Crippen LogP contribution in [0, 0.1) is 6.92 Å². The summed E-state index contributed by atoms with van der Waals surface area (Å²) in [5.74, 6) is 0.219. The van der Waals surface area contributed by atoms with Crippen molar-refractivity contribution in [3.63, 3.8) is 0 Å². The number of benzene rings is 2. The summed E-state index contributed by atoms with van der Waals surface area (Å²) in [7, 11) is -2.44. The van der Waals surface area contributed by atoms with Crippen LogP contribution in [0.4, 0.5) is 11.4 Å². The van der Waals surface area contributed by atoms with Crippen LogP contribution >= 0.6 is 11.8 Å². The minimum absolute atomic E-state index is 0.0616. The average Bonchev–Trinajstić information content (AvgIpc) is 3.51. The maximum atomic E-state index is 13.0. The summed E-state index contributed by atoms with van der Waals surface area (Å²) in [5.41, 5.74) is 1.25. The van der Waals surface area contributed by atoms with E-state index in [2.05, 4.69) is 25.6 Å². The zero-order valence-corrected chi connectivity index (χ0v) is 19.1. The molecule has 0 aliphatic heterocycles. The molecule has 3 aromatic rings. The quantitative estimate of drug-likeness (QED) is 0.453. The fourth-order valence-electron chi connectivity index (χ4n) is 3.05. The number of methoxy groups -OCH3 is 1. The molecule has 10 nitrogen and oxygen atoms in total. The number of aryl methyl sites for hydroxylation is 1. The number of amides is 1. The lowest BCUT2D eigenvalue weighted by atomic mass is 10.2. The number of nitrogens with zero attached hydrogens (tertiary/aromatic N) is 4. The number of carbonyl (C=O) groups is 1. The van der Waals surface area contributed by atoms with Crippen molar-refractivity contribution in [2.45, 2.75) is 35.9 Å². The molecule has 1 saturated carbocycles. The number of anilines is 2. The van der Waals surface area contributed by atoms with Crippen molar-refractivity contribution in [3.05, 3.63) is 48.0 Å². The first kappa shape index (κ1) is 22.1. The van der Waals surface area contributed by atoms with E-state index in [-0.39, 0.29) is 16.6 Å². The number of tetrazole rings is 1. The minimum Gasteiger partial charge on any atom is -0.495 e. The lowest BCUT2D eigenvalue weighted by Crippen LogP contribution is -2.17. The normalized spacial score (nSPS) is 13.6. The van der Waals surface area contributed by atoms with Crippen LogP contribution in [0.5, 0.6) is 5.75 Å². The number of sulfonamides is 1. The molecule has 0 radical (unpaired) electrons. The summed E-state index contributed by atoms with van der Waals surface area (Å²) >= 11 is 1.24. The maximum absolute atomic E-state index is 13.0. The molecular formula is C20H22N6O4S2. The average molecular weight is 475 g/mol. The van der Waals surface area contributed by atoms with Crippen LogP contribution in [0.3, 0.4) is 0 Å². The zero-order valence-electron chi connectivity index (χ0n) is 17.5. The van der Waals surface area contributed by atoms with E-state index >= 15 is 0 Å². The third-order valence-corrected chi connectivity index (χ3v) is 7.24. The molecule has 2 aromatic carbocycles. The molecule has 12 heteroatoms. The predicted molar refractivity (Wildman–Crippen MR) is 120 cm³/mol. The summed E-state index contributed by atoms with van der Waals surface area (Å²) in [6, 6.07) is 11.8. The largest absolute Gasteiger partial charge is 0.495 e. The lowest BCUT2D eigenvalue weighted by molar-refractivity contribution is -0.113. The highest BCUT2D eigenvalue weighted by atomic mass is 32.2. The van der Waals surface area contributed by atoms with Gasteiger partial charge in [0, 0.05) is 5.69 Å². The van der Waals surface area contributed by atoms with Gasteiger partial charge >= 0.3 is 0 Å². The fraction of sp³-hybridized carbons (Fsp3) is 0.300. The summed E-state index contributed by atoms with van der Waals surface area (Å²) < 4.78 is 35.5. The smallest absolute Gasteiger partial charge is 0.262 e. The third-order valence-electron chi connectivity index (χ3n) is 4.80. The molecule has 2 N–H and O–H groups in total. The van der Waals surface area contributed by atoms with Crippen molar-refractivity contribution in [1.82, 2.24) is 20.2 Å². The molecule has 0 unspecified atom stereocenters. The molecule has 0 atom stereocenters. The SMILES string of the molecule is COc1ccccc1NS(=O)(=O)c1cc(NC(=O)CSc2nnnn2C2CC2)ccc1C. The predicted octanol–water partition coefficient (Wildman–Crippen LogP) is 2.86. The number of aromatic nitrogens is 4. The van der Waals surface area contributed by atoms with E-state index in [0.29, 0.717) is 33.9 Å². The van der Waals surface area contributed by atoms with Gasteiger partial charge in [-0.25, -0.2) is 13.1 Å². The number of carbonyl (C=O) groups excluding carboxylic acids is 1. The molecule has 0 saturated heterocycles. The maximum Gasteiger partial charge on any atom is 0.262 e. The molecule has 1 amide bonds. The van der Waals surface area contributed by atoms with Gasteiger partial charge in [-0.2, -0.15) is 0 Å². The van der Waals surface area contributed by atoms with E-state index in [4.69, 9.17) is 4.74 Å². The number of ether oxygens (including phenoxy) is 1. The Morgan fingerprint density at radius 3 is 2.78 bits per heavy atom. The molecule has 0 spiro atoms. The van der Waals surface area contributed by atoms with Crippen molar-refractivity contribution in [2.75, 3.05) is 22.9 Å². The van der Waals surface area contributed by atoms with Gasteiger partial charge in [-0.05, 0) is 60.0 Å². The number of thioether (sulfide) groups is 1. The standard InChI is InChI=1S/C20H22N6O4S2/c1-13-7-8-14(21-19(27)12-31-20-22-24-25-26(20)15-9-10-15)11-18(13)32(28,29)23-16-5-3-4-6-17(16)30-2/h3-8,11,15,23H,9-10,12H2,1-2H3,(H,21,27). The number of nitrogens with one attached hydrogen (secondary N) is 2. The van der Waals surface area contributed by atoms with Crippen molar-refractivity contribution in [3.8, 4) is 5.75 Å². The molecule has 1 aliphatic carbocycles. The highest BCUT2D eigenvalue weighted by molar-refractivity contribution is 7.99. The molecule has 1 heterocycles. The van der Waals surface area contributed by atoms with Gasteiger partial charge in [0.2, 0.25) is 11.1 Å². The Hall–Kier alpha value is -3.12. The van der Waals surface area contributed by atoms with Crippen LogP contribution < -0.4 is 14.8 Å². The van der Waals surface area contributed by atoms with Gasteiger partial charge in [0.15, 0.2) is 0 Å². The first-order valence-corrected chi connectivity index (χ1v) is 12.3. The Balaban J connectivity index is 1.45. The molecule has 168 valence electrons. The summed E-state index contributed by atoms with van der Waals surface area (Å²) in [4.78, 5) is 12.5. The van der Waals surface area contributed by atoms with E-state index in [1.165, 1.54) is 24.9 Å². The number of hydrogen-bond donors (Lipinski definition) is 2. The summed E-state index contributed by atoms with van der Waals surface area (Å²) in [5, 5.41) is 14.9. The zero-order chi connectivity index (χ0) is 22.7. The summed E-state index contributed by atoms with van der Waals surface area (Å²) in [6.45, 7) is 1.69. The van der Waals surface area contributed by atoms with E-state index in [0.717, 1.165) is 12.8 Å². The second-order valence-corrected chi connectivity index (χ2v) is 9.85. The van der Waals surface area contributed by atoms with Crippen molar-refractivity contribution >= 4 is 39.1 Å². The third kappa shape index (κ3) is 5.02. The fourth-order valence-corrected chi connectivity index (χ4v) is 5.14. The second-order valence-electron chi connectivity index (χ2n) is 7.26. The monoisotopic (exact) mass is 474 g/mol. The highest BCUT2D eigenvalue weighted by Gasteiger charge is 2.28. The van der Waals surface area contributed by atoms with Gasteiger partial charge < -0.3 is 10.1 Å². The van der Waals surface area contributed by atoms with E-state index in [9.17, 15) is 13.2 Å². The van der Waals surface area contributed by atoms with Crippen LogP contribution in [0.1, 0.15) is 24.4 Å². The van der Waals surface area contributed by atoms with Gasteiger partial charge in [-0.15, -0.1) is 5.10 Å². The van der Waals surface area contributed by atoms with Crippen LogP contribution in [-0.4, -0.2) is 47.4 Å². The first-order valence-electron chi connectivity index (χ1n) is 9.84. The minimum atomic E-state index is -3.91. The molecule has 32 heavy (non-hydrogen) atoms. The van der Waals surface area contributed by atoms with Gasteiger partial charge in [0.05, 0.1) is 29.5 Å². The van der Waals surface area contributed by atoms with Crippen LogP contribution in [0.25, 0.3) is 0 Å². The Kier molecular flexibility index (Phi) is 6.33. The molecule has 1 aliphatic rings. The molecule has 1 fully saturated rings. The highest BCUT2D eigenvalue weighted by Crippen LogP contribution is 2.36. The van der Waals surface area contributed by atoms with Crippen molar-refractivity contribution in [2.24, 2.45) is 0 Å². The Morgan fingerprint density at radius 2 is 2.03 bits per heavy atom. The summed E-state index contributed by atoms with van der Waals surface area (Å²) in [6.07, 6.45) is 2.07. The van der Waals surface area contributed by atoms with Crippen LogP contribution in [-0.2, 0) is 14.8 Å². The number of para-hydroxylation sites is 2.